The van der Waals surface area contributed by atoms with E-state index in [4.69, 9.17) is 21.1 Å². The van der Waals surface area contributed by atoms with E-state index in [0.29, 0.717) is 38.8 Å². The molecule has 0 spiro atoms. The molecular weight excluding hydrogens is 464 g/mol. The van der Waals surface area contributed by atoms with E-state index < -0.39 is 0 Å². The summed E-state index contributed by atoms with van der Waals surface area (Å²) >= 11 is 7.29. The van der Waals surface area contributed by atoms with Gasteiger partial charge in [-0.05, 0) is 49.2 Å². The zero-order chi connectivity index (χ0) is 22.8. The Kier molecular flexibility index (Phi) is 5.97. The van der Waals surface area contributed by atoms with E-state index in [0.717, 1.165) is 17.8 Å². The topological polar surface area (TPSA) is 94.8 Å². The van der Waals surface area contributed by atoms with E-state index in [-0.39, 0.29) is 24.7 Å². The fourth-order valence-electron chi connectivity index (χ4n) is 3.14. The number of benzene rings is 2. The Morgan fingerprint density at radius 2 is 1.94 bits per heavy atom. The number of ether oxygens (including phenoxy) is 2. The third-order valence-electron chi connectivity index (χ3n) is 4.93. The van der Waals surface area contributed by atoms with Gasteiger partial charge in [0.2, 0.25) is 4.96 Å². The lowest BCUT2D eigenvalue weighted by molar-refractivity contribution is -0.118. The Morgan fingerprint density at radius 1 is 1.12 bits per heavy atom. The third-order valence-corrected chi connectivity index (χ3v) is 6.25. The molecule has 2 aromatic heterocycles. The smallest absolute Gasteiger partial charge is 0.275 e. The Morgan fingerprint density at radius 3 is 2.73 bits per heavy atom. The van der Waals surface area contributed by atoms with Gasteiger partial charge in [-0.1, -0.05) is 29.0 Å². The Hall–Kier alpha value is -3.43. The highest BCUT2D eigenvalue weighted by atomic mass is 35.5. The summed E-state index contributed by atoms with van der Waals surface area (Å²) in [5.74, 6) is 1.25. The van der Waals surface area contributed by atoms with Gasteiger partial charge in [-0.2, -0.15) is 9.61 Å². The number of hydrogen-bond donors (Lipinski definition) is 1. The summed E-state index contributed by atoms with van der Waals surface area (Å²) in [5.41, 5.74) is 0.873. The number of nitrogens with one attached hydrogen (secondary N) is 1. The minimum atomic E-state index is -0.307. The predicted molar refractivity (Wildman–Crippen MR) is 125 cm³/mol. The maximum atomic E-state index is 12.4. The summed E-state index contributed by atoms with van der Waals surface area (Å²) in [7, 11) is 0. The summed E-state index contributed by atoms with van der Waals surface area (Å²) in [5, 5.41) is 8.70. The zero-order valence-corrected chi connectivity index (χ0v) is 18.9. The fourth-order valence-corrected chi connectivity index (χ4v) is 4.36. The van der Waals surface area contributed by atoms with Crippen LogP contribution in [-0.4, -0.2) is 27.1 Å². The van der Waals surface area contributed by atoms with Crippen molar-refractivity contribution < 1.29 is 14.3 Å². The minimum absolute atomic E-state index is 0.124. The molecule has 1 aliphatic carbocycles. The van der Waals surface area contributed by atoms with Gasteiger partial charge in [-0.15, -0.1) is 0 Å². The number of aromatic nitrogens is 3. The van der Waals surface area contributed by atoms with Crippen LogP contribution in [0.1, 0.15) is 29.5 Å². The molecule has 2 heterocycles. The molecule has 0 unspecified atom stereocenters. The lowest BCUT2D eigenvalue weighted by Crippen LogP contribution is -2.20. The predicted octanol–water partition coefficient (Wildman–Crippen LogP) is 4.28. The lowest BCUT2D eigenvalue weighted by atomic mass is 10.3. The van der Waals surface area contributed by atoms with Gasteiger partial charge in [0.25, 0.3) is 11.5 Å². The quantitative estimate of drug-likeness (QED) is 0.403. The highest BCUT2D eigenvalue weighted by molar-refractivity contribution is 7.16. The van der Waals surface area contributed by atoms with Crippen LogP contribution >= 0.6 is 22.9 Å². The molecule has 0 aliphatic heterocycles. The minimum Gasteiger partial charge on any atom is -0.487 e. The molecule has 1 N–H and O–H groups in total. The van der Waals surface area contributed by atoms with Crippen LogP contribution in [0.5, 0.6) is 11.5 Å². The second kappa shape index (κ2) is 9.21. The van der Waals surface area contributed by atoms with E-state index in [1.54, 1.807) is 48.5 Å². The Balaban J connectivity index is 1.19. The number of fused-ring (bicyclic) bond motifs is 1. The van der Waals surface area contributed by atoms with Gasteiger partial charge < -0.3 is 14.8 Å². The van der Waals surface area contributed by atoms with Crippen LogP contribution in [0.15, 0.2) is 59.4 Å². The molecule has 1 saturated carbocycles. The molecule has 33 heavy (non-hydrogen) atoms. The number of rotatable bonds is 8. The monoisotopic (exact) mass is 482 g/mol. The molecule has 0 radical (unpaired) electrons. The van der Waals surface area contributed by atoms with Crippen molar-refractivity contribution in [1.29, 1.82) is 0 Å². The maximum Gasteiger partial charge on any atom is 0.275 e. The second-order valence-electron chi connectivity index (χ2n) is 7.60. The number of amides is 1. The van der Waals surface area contributed by atoms with E-state index in [1.807, 2.05) is 0 Å². The SMILES string of the molecule is O=C(COc1ccc(Cl)cc1)Nc1cccc(OCc2cc(=O)n3nc(C4CC4)sc3n2)c1. The molecule has 1 amide bonds. The fraction of sp³-hybridized carbons (Fsp3) is 0.217. The van der Waals surface area contributed by atoms with Gasteiger partial charge >= 0.3 is 0 Å². The number of hydrogen-bond acceptors (Lipinski definition) is 7. The lowest BCUT2D eigenvalue weighted by Gasteiger charge is -2.10. The number of carbonyl (C=O) groups excluding carboxylic acids is 1. The summed E-state index contributed by atoms with van der Waals surface area (Å²) in [4.78, 5) is 29.7. The number of anilines is 1. The van der Waals surface area contributed by atoms with Crippen LogP contribution in [0, 0.1) is 0 Å². The largest absolute Gasteiger partial charge is 0.487 e. The van der Waals surface area contributed by atoms with Crippen molar-refractivity contribution >= 4 is 39.5 Å². The molecule has 4 aromatic rings. The summed E-state index contributed by atoms with van der Waals surface area (Å²) in [6.45, 7) is -0.0161. The van der Waals surface area contributed by atoms with Crippen LogP contribution in [0.25, 0.3) is 4.96 Å². The average Bonchev–Trinajstić information content (AvgIpc) is 3.57. The van der Waals surface area contributed by atoms with Crippen molar-refractivity contribution in [1.82, 2.24) is 14.6 Å². The summed E-state index contributed by atoms with van der Waals surface area (Å²) < 4.78 is 12.6. The standard InChI is InChI=1S/C23H19ClN4O4S/c24-15-6-8-18(9-7-15)32-13-20(29)25-16-2-1-3-19(10-16)31-12-17-11-21(30)28-23(26-17)33-22(27-28)14-4-5-14/h1-3,6-11,14H,4-5,12-13H2,(H,25,29). The van der Waals surface area contributed by atoms with Crippen LogP contribution in [-0.2, 0) is 11.4 Å². The molecule has 0 saturated heterocycles. The molecule has 2 aromatic carbocycles. The van der Waals surface area contributed by atoms with Crippen molar-refractivity contribution in [2.45, 2.75) is 25.4 Å². The molecule has 168 valence electrons. The van der Waals surface area contributed by atoms with Crippen molar-refractivity contribution in [2.75, 3.05) is 11.9 Å². The van der Waals surface area contributed by atoms with E-state index >= 15 is 0 Å². The van der Waals surface area contributed by atoms with Crippen molar-refractivity contribution in [3.63, 3.8) is 0 Å². The molecule has 5 rings (SSSR count). The van der Waals surface area contributed by atoms with E-state index in [1.165, 1.54) is 21.9 Å². The molecular formula is C23H19ClN4O4S. The van der Waals surface area contributed by atoms with Crippen molar-refractivity contribution in [2.24, 2.45) is 0 Å². The maximum absolute atomic E-state index is 12.4. The van der Waals surface area contributed by atoms with Crippen LogP contribution in [0.2, 0.25) is 5.02 Å². The molecule has 1 aliphatic rings. The first-order valence-corrected chi connectivity index (χ1v) is 11.5. The van der Waals surface area contributed by atoms with Gasteiger partial charge in [-0.25, -0.2) is 4.98 Å². The van der Waals surface area contributed by atoms with E-state index in [9.17, 15) is 9.59 Å². The van der Waals surface area contributed by atoms with E-state index in [2.05, 4.69) is 15.4 Å². The van der Waals surface area contributed by atoms with Crippen LogP contribution < -0.4 is 20.3 Å². The Bertz CT molecular complexity index is 1370. The first-order valence-electron chi connectivity index (χ1n) is 10.3. The van der Waals surface area contributed by atoms with Crippen LogP contribution in [0.3, 0.4) is 0 Å². The second-order valence-corrected chi connectivity index (χ2v) is 9.03. The number of carbonyl (C=O) groups is 1. The van der Waals surface area contributed by atoms with Gasteiger partial charge in [0.15, 0.2) is 6.61 Å². The van der Waals surface area contributed by atoms with Gasteiger partial charge in [-0.3, -0.25) is 9.59 Å². The molecule has 10 heteroatoms. The average molecular weight is 483 g/mol. The summed E-state index contributed by atoms with van der Waals surface area (Å²) in [6.07, 6.45) is 2.23. The van der Waals surface area contributed by atoms with Crippen molar-refractivity contribution in [3.05, 3.63) is 80.7 Å². The van der Waals surface area contributed by atoms with Gasteiger partial charge in [0.05, 0.1) is 5.69 Å². The Labute approximate surface area is 197 Å². The third kappa shape index (κ3) is 5.32. The summed E-state index contributed by atoms with van der Waals surface area (Å²) in [6, 6.07) is 15.2. The van der Waals surface area contributed by atoms with Crippen LogP contribution in [0.4, 0.5) is 5.69 Å². The zero-order valence-electron chi connectivity index (χ0n) is 17.4. The number of nitrogens with zero attached hydrogens (tertiary/aromatic N) is 3. The van der Waals surface area contributed by atoms with Gasteiger partial charge in [0.1, 0.15) is 23.1 Å². The molecule has 8 nitrogen and oxygen atoms in total. The first kappa shape index (κ1) is 21.4. The molecule has 1 fully saturated rings. The van der Waals surface area contributed by atoms with Gasteiger partial charge in [0, 0.05) is 28.8 Å². The number of halogens is 1. The normalized spacial score (nSPS) is 13.1. The first-order chi connectivity index (χ1) is 16.0. The molecule has 0 bridgehead atoms. The highest BCUT2D eigenvalue weighted by Crippen LogP contribution is 2.41. The van der Waals surface area contributed by atoms with Crippen molar-refractivity contribution in [3.8, 4) is 11.5 Å². The molecule has 0 atom stereocenters. The highest BCUT2D eigenvalue weighted by Gasteiger charge is 2.28.